The molecule has 0 radical (unpaired) electrons. The maximum atomic E-state index is 5.67. The standard InChI is InChI=1S/C37H25N3O/c1-22-17-36(38-21-31(22)23-9-4-3-5-10-23)39-33-18-24(41-2)15-16-26(33)29-19-30-28-13-8-12-27-25-11-6-7-14-32(25)40(37(27)28)35(30)20-34(29)39/h3-21H,1-2H3. The van der Waals surface area contributed by atoms with Crippen LogP contribution in [0.5, 0.6) is 5.75 Å². The van der Waals surface area contributed by atoms with Crippen LogP contribution >= 0.6 is 0 Å². The Morgan fingerprint density at radius 3 is 2.12 bits per heavy atom. The maximum absolute atomic E-state index is 5.67. The van der Waals surface area contributed by atoms with Crippen molar-refractivity contribution in [2.75, 3.05) is 7.11 Å². The molecule has 4 nitrogen and oxygen atoms in total. The van der Waals surface area contributed by atoms with E-state index >= 15 is 0 Å². The number of aromatic nitrogens is 3. The number of aryl methyl sites for hydroxylation is 1. The SMILES string of the molecule is COc1ccc2c3cc4c5cccc6c7ccccc7n(c4cc3n(-c3cc(C)c(-c4ccccc4)cn3)c2c1)c65. The van der Waals surface area contributed by atoms with Crippen molar-refractivity contribution in [1.82, 2.24) is 14.0 Å². The highest BCUT2D eigenvalue weighted by atomic mass is 16.5. The monoisotopic (exact) mass is 527 g/mol. The number of benzene rings is 5. The number of methoxy groups -OCH3 is 1. The Morgan fingerprint density at radius 2 is 1.29 bits per heavy atom. The predicted molar refractivity (Wildman–Crippen MR) is 170 cm³/mol. The van der Waals surface area contributed by atoms with E-state index < -0.39 is 0 Å². The minimum Gasteiger partial charge on any atom is -0.497 e. The Balaban J connectivity index is 1.42. The van der Waals surface area contributed by atoms with Crippen LogP contribution in [0.2, 0.25) is 0 Å². The molecule has 4 heteroatoms. The van der Waals surface area contributed by atoms with Crippen molar-refractivity contribution in [2.45, 2.75) is 6.92 Å². The van der Waals surface area contributed by atoms with Crippen molar-refractivity contribution in [1.29, 1.82) is 0 Å². The Morgan fingerprint density at radius 1 is 0.585 bits per heavy atom. The predicted octanol–water partition coefficient (Wildman–Crippen LogP) is 9.31. The van der Waals surface area contributed by atoms with E-state index in [9.17, 15) is 0 Å². The third-order valence-electron chi connectivity index (χ3n) is 8.73. The van der Waals surface area contributed by atoms with Gasteiger partial charge in [-0.3, -0.25) is 4.57 Å². The third kappa shape index (κ3) is 2.96. The molecule has 194 valence electrons. The van der Waals surface area contributed by atoms with E-state index in [0.29, 0.717) is 0 Å². The van der Waals surface area contributed by atoms with Crippen LogP contribution in [0.3, 0.4) is 0 Å². The summed E-state index contributed by atoms with van der Waals surface area (Å²) >= 11 is 0. The van der Waals surface area contributed by atoms with Crippen LogP contribution in [0.15, 0.2) is 115 Å². The molecule has 4 aromatic heterocycles. The molecule has 9 rings (SSSR count). The van der Waals surface area contributed by atoms with Crippen LogP contribution in [0, 0.1) is 6.92 Å². The molecule has 9 aromatic rings. The second-order valence-corrected chi connectivity index (χ2v) is 10.9. The molecule has 0 unspecified atom stereocenters. The summed E-state index contributed by atoms with van der Waals surface area (Å²) in [6, 6.07) is 39.1. The minimum absolute atomic E-state index is 0.829. The van der Waals surface area contributed by atoms with Gasteiger partial charge in [0.1, 0.15) is 11.6 Å². The summed E-state index contributed by atoms with van der Waals surface area (Å²) in [6.07, 6.45) is 2.00. The molecular formula is C37H25N3O. The summed E-state index contributed by atoms with van der Waals surface area (Å²) in [4.78, 5) is 5.04. The highest BCUT2D eigenvalue weighted by Gasteiger charge is 2.21. The zero-order valence-electron chi connectivity index (χ0n) is 22.7. The molecule has 0 amide bonds. The largest absolute Gasteiger partial charge is 0.497 e. The maximum Gasteiger partial charge on any atom is 0.137 e. The summed E-state index contributed by atoms with van der Waals surface area (Å²) in [5, 5.41) is 7.52. The van der Waals surface area contributed by atoms with Crippen LogP contribution in [-0.2, 0) is 0 Å². The normalized spacial score (nSPS) is 12.1. The number of fused-ring (bicyclic) bond motifs is 9. The molecule has 0 aliphatic heterocycles. The Kier molecular flexibility index (Phi) is 4.43. The van der Waals surface area contributed by atoms with Gasteiger partial charge in [-0.2, -0.15) is 0 Å². The lowest BCUT2D eigenvalue weighted by atomic mass is 10.0. The fraction of sp³-hybridized carbons (Fsp3) is 0.0541. The average molecular weight is 528 g/mol. The van der Waals surface area contributed by atoms with Gasteiger partial charge < -0.3 is 9.14 Å². The topological polar surface area (TPSA) is 31.5 Å². The highest BCUT2D eigenvalue weighted by molar-refractivity contribution is 6.26. The molecule has 0 aliphatic rings. The van der Waals surface area contributed by atoms with Crippen molar-refractivity contribution in [2.24, 2.45) is 0 Å². The van der Waals surface area contributed by atoms with Crippen molar-refractivity contribution in [3.8, 4) is 22.7 Å². The van der Waals surface area contributed by atoms with Gasteiger partial charge in [0, 0.05) is 50.1 Å². The van der Waals surface area contributed by atoms with Crippen LogP contribution in [0.25, 0.3) is 76.8 Å². The van der Waals surface area contributed by atoms with E-state index in [2.05, 4.69) is 113 Å². The molecule has 41 heavy (non-hydrogen) atoms. The Labute approximate surface area is 236 Å². The zero-order valence-corrected chi connectivity index (χ0v) is 22.7. The number of para-hydroxylation sites is 2. The lowest BCUT2D eigenvalue weighted by Crippen LogP contribution is -1.99. The van der Waals surface area contributed by atoms with Gasteiger partial charge in [0.25, 0.3) is 0 Å². The molecule has 0 aliphatic carbocycles. The molecule has 4 heterocycles. The molecule has 0 fully saturated rings. The van der Waals surface area contributed by atoms with Crippen LogP contribution in [-0.4, -0.2) is 21.1 Å². The minimum atomic E-state index is 0.829. The van der Waals surface area contributed by atoms with Gasteiger partial charge in [0.2, 0.25) is 0 Å². The first-order valence-electron chi connectivity index (χ1n) is 13.9. The van der Waals surface area contributed by atoms with Gasteiger partial charge in [-0.05, 0) is 54.4 Å². The quantitative estimate of drug-likeness (QED) is 0.229. The van der Waals surface area contributed by atoms with Gasteiger partial charge in [-0.1, -0.05) is 66.7 Å². The van der Waals surface area contributed by atoms with Crippen molar-refractivity contribution in [3.63, 3.8) is 0 Å². The van der Waals surface area contributed by atoms with E-state index in [-0.39, 0.29) is 0 Å². The number of ether oxygens (including phenoxy) is 1. The summed E-state index contributed by atoms with van der Waals surface area (Å²) < 4.78 is 10.4. The molecule has 5 aromatic carbocycles. The zero-order chi connectivity index (χ0) is 27.2. The second-order valence-electron chi connectivity index (χ2n) is 10.9. The molecule has 0 saturated heterocycles. The Bertz CT molecular complexity index is 2470. The van der Waals surface area contributed by atoms with Crippen LogP contribution in [0.4, 0.5) is 0 Å². The number of hydrogen-bond acceptors (Lipinski definition) is 2. The first-order valence-corrected chi connectivity index (χ1v) is 13.9. The number of pyridine rings is 1. The molecule has 0 atom stereocenters. The Hall–Kier alpha value is -5.35. The van der Waals surface area contributed by atoms with E-state index in [1.165, 1.54) is 60.0 Å². The molecule has 0 N–H and O–H groups in total. The number of hydrogen-bond donors (Lipinski definition) is 0. The number of nitrogens with zero attached hydrogens (tertiary/aromatic N) is 3. The first kappa shape index (κ1) is 22.5. The van der Waals surface area contributed by atoms with Crippen molar-refractivity contribution < 1.29 is 4.74 Å². The second kappa shape index (κ2) is 8.09. The van der Waals surface area contributed by atoms with Gasteiger partial charge in [0.15, 0.2) is 0 Å². The van der Waals surface area contributed by atoms with Gasteiger partial charge in [-0.25, -0.2) is 4.98 Å². The van der Waals surface area contributed by atoms with E-state index in [4.69, 9.17) is 9.72 Å². The van der Waals surface area contributed by atoms with E-state index in [0.717, 1.165) is 28.2 Å². The van der Waals surface area contributed by atoms with Gasteiger partial charge in [0.05, 0.1) is 34.7 Å². The lowest BCUT2D eigenvalue weighted by molar-refractivity contribution is 0.415. The van der Waals surface area contributed by atoms with Crippen molar-refractivity contribution in [3.05, 3.63) is 121 Å². The van der Waals surface area contributed by atoms with Crippen LogP contribution in [0.1, 0.15) is 5.56 Å². The molecule has 0 bridgehead atoms. The molecule has 0 spiro atoms. The highest BCUT2D eigenvalue weighted by Crippen LogP contribution is 2.43. The van der Waals surface area contributed by atoms with E-state index in [1.54, 1.807) is 7.11 Å². The third-order valence-corrected chi connectivity index (χ3v) is 8.73. The van der Waals surface area contributed by atoms with Crippen LogP contribution < -0.4 is 4.74 Å². The average Bonchev–Trinajstić information content (AvgIpc) is 3.64. The fourth-order valence-electron chi connectivity index (χ4n) is 6.88. The summed E-state index contributed by atoms with van der Waals surface area (Å²) in [5.41, 5.74) is 9.44. The fourth-order valence-corrected chi connectivity index (χ4v) is 6.88. The van der Waals surface area contributed by atoms with E-state index in [1.807, 2.05) is 18.3 Å². The molecular weight excluding hydrogens is 502 g/mol. The summed E-state index contributed by atoms with van der Waals surface area (Å²) in [6.45, 7) is 2.17. The lowest BCUT2D eigenvalue weighted by Gasteiger charge is -2.12. The van der Waals surface area contributed by atoms with Gasteiger partial charge in [-0.15, -0.1) is 0 Å². The smallest absolute Gasteiger partial charge is 0.137 e. The van der Waals surface area contributed by atoms with Gasteiger partial charge >= 0.3 is 0 Å². The van der Waals surface area contributed by atoms with Crippen molar-refractivity contribution >= 4 is 59.9 Å². The molecule has 0 saturated carbocycles. The number of rotatable bonds is 3. The summed E-state index contributed by atoms with van der Waals surface area (Å²) in [7, 11) is 1.72. The first-order chi connectivity index (χ1) is 20.2. The summed E-state index contributed by atoms with van der Waals surface area (Å²) in [5.74, 6) is 1.73.